The maximum Gasteiger partial charge on any atom is 0.264 e. The molecule has 6 nitrogen and oxygen atoms in total. The molecule has 0 amide bonds. The number of aromatic nitrogens is 5. The fourth-order valence-electron chi connectivity index (χ4n) is 1.85. The summed E-state index contributed by atoms with van der Waals surface area (Å²) < 4.78 is 3.16. The molecule has 18 heavy (non-hydrogen) atoms. The van der Waals surface area contributed by atoms with Gasteiger partial charge in [-0.3, -0.25) is 19.0 Å². The molecule has 0 bridgehead atoms. The highest BCUT2D eigenvalue weighted by atomic mass is 16.1. The normalized spacial score (nSPS) is 10.9. The van der Waals surface area contributed by atoms with E-state index < -0.39 is 0 Å². The number of hydrogen-bond donors (Lipinski definition) is 0. The van der Waals surface area contributed by atoms with Gasteiger partial charge in [0.1, 0.15) is 11.7 Å². The van der Waals surface area contributed by atoms with Crippen LogP contribution in [0.5, 0.6) is 0 Å². The van der Waals surface area contributed by atoms with Crippen molar-refractivity contribution >= 4 is 11.0 Å². The predicted molar refractivity (Wildman–Crippen MR) is 66.1 cm³/mol. The van der Waals surface area contributed by atoms with Crippen molar-refractivity contribution in [3.05, 3.63) is 53.0 Å². The first kappa shape index (κ1) is 10.6. The molecule has 0 saturated heterocycles. The van der Waals surface area contributed by atoms with Crippen molar-refractivity contribution in [3.63, 3.8) is 0 Å². The molecule has 0 saturated carbocycles. The molecule has 0 aliphatic heterocycles. The summed E-state index contributed by atoms with van der Waals surface area (Å²) >= 11 is 0. The minimum Gasteiger partial charge on any atom is -0.294 e. The van der Waals surface area contributed by atoms with E-state index in [9.17, 15) is 4.79 Å². The minimum atomic E-state index is -0.0788. The van der Waals surface area contributed by atoms with E-state index in [2.05, 4.69) is 15.1 Å². The second-order valence-electron chi connectivity index (χ2n) is 4.07. The molecular formula is C12H11N5O. The maximum atomic E-state index is 12.2. The third kappa shape index (κ3) is 1.77. The first-order valence-electron chi connectivity index (χ1n) is 5.52. The largest absolute Gasteiger partial charge is 0.294 e. The molecule has 0 aliphatic carbocycles. The van der Waals surface area contributed by atoms with Crippen molar-refractivity contribution in [2.75, 3.05) is 0 Å². The monoisotopic (exact) mass is 241 g/mol. The second kappa shape index (κ2) is 4.06. The molecule has 0 atom stereocenters. The number of nitrogens with zero attached hydrogens (tertiary/aromatic N) is 5. The molecule has 0 radical (unpaired) electrons. The summed E-state index contributed by atoms with van der Waals surface area (Å²) in [6.45, 7) is 0.485. The van der Waals surface area contributed by atoms with Crippen LogP contribution in [0.25, 0.3) is 11.0 Å². The Morgan fingerprint density at radius 3 is 2.83 bits per heavy atom. The smallest absolute Gasteiger partial charge is 0.264 e. The molecule has 90 valence electrons. The highest BCUT2D eigenvalue weighted by Crippen LogP contribution is 2.04. The fourth-order valence-corrected chi connectivity index (χ4v) is 1.85. The maximum absolute atomic E-state index is 12.2. The Balaban J connectivity index is 2.08. The second-order valence-corrected chi connectivity index (χ2v) is 4.07. The number of hydrogen-bond acceptors (Lipinski definition) is 4. The first-order chi connectivity index (χ1) is 8.74. The minimum absolute atomic E-state index is 0.0788. The van der Waals surface area contributed by atoms with Gasteiger partial charge in [0.25, 0.3) is 5.56 Å². The lowest BCUT2D eigenvalue weighted by Crippen LogP contribution is -2.20. The zero-order valence-electron chi connectivity index (χ0n) is 9.82. The Morgan fingerprint density at radius 1 is 1.28 bits per heavy atom. The van der Waals surface area contributed by atoms with Gasteiger partial charge < -0.3 is 0 Å². The van der Waals surface area contributed by atoms with E-state index in [1.807, 2.05) is 12.1 Å². The van der Waals surface area contributed by atoms with E-state index in [4.69, 9.17) is 0 Å². The van der Waals surface area contributed by atoms with Gasteiger partial charge in [-0.05, 0) is 17.7 Å². The lowest BCUT2D eigenvalue weighted by atomic mass is 10.2. The molecule has 6 heteroatoms. The third-order valence-corrected chi connectivity index (χ3v) is 2.72. The molecule has 0 aromatic carbocycles. The first-order valence-corrected chi connectivity index (χ1v) is 5.52. The van der Waals surface area contributed by atoms with Crippen molar-refractivity contribution < 1.29 is 0 Å². The third-order valence-electron chi connectivity index (χ3n) is 2.72. The molecule has 3 heterocycles. The molecule has 0 unspecified atom stereocenters. The fraction of sp³-hybridized carbons (Fsp3) is 0.167. The Labute approximate surface area is 103 Å². The van der Waals surface area contributed by atoms with Crippen LogP contribution in [0.3, 0.4) is 0 Å². The Morgan fingerprint density at radius 2 is 2.06 bits per heavy atom. The molecule has 0 fully saturated rings. The van der Waals surface area contributed by atoms with E-state index >= 15 is 0 Å². The summed E-state index contributed by atoms with van der Waals surface area (Å²) in [5.74, 6) is 0. The summed E-state index contributed by atoms with van der Waals surface area (Å²) in [7, 11) is 1.77. The summed E-state index contributed by atoms with van der Waals surface area (Å²) in [5, 5.41) is 4.64. The standard InChI is InChI=1S/C12H11N5O/c1-16-7-10-11(15-16)14-8-17(12(10)18)6-9-2-4-13-5-3-9/h2-5,7-8H,6H2,1H3. The number of aryl methyl sites for hydroxylation is 1. The van der Waals surface area contributed by atoms with E-state index in [1.165, 1.54) is 6.33 Å². The van der Waals surface area contributed by atoms with Crippen LogP contribution < -0.4 is 5.56 Å². The zero-order valence-corrected chi connectivity index (χ0v) is 9.82. The van der Waals surface area contributed by atoms with Crippen LogP contribution in [0.1, 0.15) is 5.56 Å². The van der Waals surface area contributed by atoms with Gasteiger partial charge >= 0.3 is 0 Å². The van der Waals surface area contributed by atoms with Crippen LogP contribution in [-0.2, 0) is 13.6 Å². The lowest BCUT2D eigenvalue weighted by molar-refractivity contribution is 0.745. The van der Waals surface area contributed by atoms with E-state index in [1.54, 1.807) is 34.9 Å². The SMILES string of the molecule is Cn1cc2c(=O)n(Cc3ccncc3)cnc2n1. The van der Waals surface area contributed by atoms with E-state index in [0.717, 1.165) is 5.56 Å². The van der Waals surface area contributed by atoms with Crippen LogP contribution in [-0.4, -0.2) is 24.3 Å². The molecular weight excluding hydrogens is 230 g/mol. The van der Waals surface area contributed by atoms with Gasteiger partial charge in [-0.25, -0.2) is 4.98 Å². The highest BCUT2D eigenvalue weighted by molar-refractivity contribution is 5.72. The van der Waals surface area contributed by atoms with Crippen molar-refractivity contribution in [1.82, 2.24) is 24.3 Å². The topological polar surface area (TPSA) is 65.6 Å². The van der Waals surface area contributed by atoms with Gasteiger partial charge in [0.05, 0.1) is 6.54 Å². The Hall–Kier alpha value is -2.50. The molecule has 3 aromatic rings. The molecule has 3 aromatic heterocycles. The van der Waals surface area contributed by atoms with E-state index in [0.29, 0.717) is 17.6 Å². The van der Waals surface area contributed by atoms with Gasteiger partial charge in [0, 0.05) is 25.6 Å². The molecule has 0 spiro atoms. The van der Waals surface area contributed by atoms with Crippen molar-refractivity contribution in [1.29, 1.82) is 0 Å². The summed E-state index contributed by atoms with van der Waals surface area (Å²) in [4.78, 5) is 20.3. The summed E-state index contributed by atoms with van der Waals surface area (Å²) in [5.41, 5.74) is 1.41. The predicted octanol–water partition coefficient (Wildman–Crippen LogP) is 0.573. The van der Waals surface area contributed by atoms with Crippen molar-refractivity contribution in [2.45, 2.75) is 6.54 Å². The Kier molecular flexibility index (Phi) is 2.40. The van der Waals surface area contributed by atoms with Crippen LogP contribution in [0.15, 0.2) is 41.8 Å². The van der Waals surface area contributed by atoms with Gasteiger partial charge in [0.2, 0.25) is 0 Å². The van der Waals surface area contributed by atoms with Crippen LogP contribution in [0.4, 0.5) is 0 Å². The zero-order chi connectivity index (χ0) is 12.5. The van der Waals surface area contributed by atoms with Crippen molar-refractivity contribution in [2.24, 2.45) is 7.05 Å². The summed E-state index contributed by atoms with van der Waals surface area (Å²) in [6.07, 6.45) is 6.62. The van der Waals surface area contributed by atoms with Gasteiger partial charge in [-0.1, -0.05) is 0 Å². The van der Waals surface area contributed by atoms with E-state index in [-0.39, 0.29) is 5.56 Å². The average Bonchev–Trinajstić information content (AvgIpc) is 2.76. The van der Waals surface area contributed by atoms with Crippen LogP contribution >= 0.6 is 0 Å². The van der Waals surface area contributed by atoms with Gasteiger partial charge in [0.15, 0.2) is 5.65 Å². The quantitative estimate of drug-likeness (QED) is 0.658. The molecule has 0 N–H and O–H groups in total. The number of fused-ring (bicyclic) bond motifs is 1. The number of rotatable bonds is 2. The van der Waals surface area contributed by atoms with Crippen LogP contribution in [0.2, 0.25) is 0 Å². The van der Waals surface area contributed by atoms with Gasteiger partial charge in [-0.2, -0.15) is 5.10 Å². The average molecular weight is 241 g/mol. The molecule has 0 aliphatic rings. The van der Waals surface area contributed by atoms with Crippen LogP contribution in [0, 0.1) is 0 Å². The summed E-state index contributed by atoms with van der Waals surface area (Å²) in [6, 6.07) is 3.75. The lowest BCUT2D eigenvalue weighted by Gasteiger charge is -2.04. The Bertz CT molecular complexity index is 744. The molecule has 3 rings (SSSR count). The highest BCUT2D eigenvalue weighted by Gasteiger charge is 2.07. The number of pyridine rings is 1. The van der Waals surface area contributed by atoms with Gasteiger partial charge in [-0.15, -0.1) is 0 Å². The van der Waals surface area contributed by atoms with Crippen molar-refractivity contribution in [3.8, 4) is 0 Å².